The van der Waals surface area contributed by atoms with E-state index in [-0.39, 0.29) is 5.76 Å². The average Bonchev–Trinajstić information content (AvgIpc) is 2.82. The average molecular weight is 286 g/mol. The molecule has 0 amide bonds. The third kappa shape index (κ3) is 1.96. The molecule has 20 heavy (non-hydrogen) atoms. The Hall–Kier alpha value is -2.58. The van der Waals surface area contributed by atoms with Crippen LogP contribution in [0.3, 0.4) is 0 Å². The van der Waals surface area contributed by atoms with Gasteiger partial charge in [-0.3, -0.25) is 0 Å². The van der Waals surface area contributed by atoms with Crippen LogP contribution in [-0.4, -0.2) is 9.97 Å². The van der Waals surface area contributed by atoms with Gasteiger partial charge in [0.1, 0.15) is 23.1 Å². The Bertz CT molecular complexity index is 836. The lowest BCUT2D eigenvalue weighted by Gasteiger charge is -2.06. The highest BCUT2D eigenvalue weighted by Crippen LogP contribution is 2.36. The van der Waals surface area contributed by atoms with Crippen LogP contribution in [0.15, 0.2) is 35.0 Å². The zero-order valence-corrected chi connectivity index (χ0v) is 11.2. The lowest BCUT2D eigenvalue weighted by molar-refractivity contribution is 0.445. The van der Waals surface area contributed by atoms with E-state index in [4.69, 9.17) is 26.0 Å². The molecule has 3 aromatic rings. The standard InChI is InChI=1S/C14H8ClN3O2/c1-8-13(15)17-7-18-14(8)20-12-9-4-2-3-5-10(9)19-11(12)6-16/h2-5,7H,1H3. The second kappa shape index (κ2) is 4.83. The minimum absolute atomic E-state index is 0.0975. The Morgan fingerprint density at radius 2 is 2.10 bits per heavy atom. The van der Waals surface area contributed by atoms with Gasteiger partial charge in [-0.1, -0.05) is 23.7 Å². The summed E-state index contributed by atoms with van der Waals surface area (Å²) in [5.74, 6) is 0.731. The smallest absolute Gasteiger partial charge is 0.247 e. The number of nitrogens with zero attached hydrogens (tertiary/aromatic N) is 3. The molecule has 0 radical (unpaired) electrons. The van der Waals surface area contributed by atoms with Crippen molar-refractivity contribution in [1.29, 1.82) is 5.26 Å². The van der Waals surface area contributed by atoms with Crippen molar-refractivity contribution >= 4 is 22.6 Å². The first-order chi connectivity index (χ1) is 9.70. The van der Waals surface area contributed by atoms with Crippen molar-refractivity contribution in [1.82, 2.24) is 9.97 Å². The molecule has 6 heteroatoms. The molecule has 0 atom stereocenters. The summed E-state index contributed by atoms with van der Waals surface area (Å²) in [7, 11) is 0. The minimum atomic E-state index is 0.0975. The first-order valence-corrected chi connectivity index (χ1v) is 6.15. The highest BCUT2D eigenvalue weighted by atomic mass is 35.5. The van der Waals surface area contributed by atoms with Crippen LogP contribution in [0.2, 0.25) is 5.15 Å². The third-order valence-corrected chi connectivity index (χ3v) is 3.21. The van der Waals surface area contributed by atoms with Crippen LogP contribution in [-0.2, 0) is 0 Å². The van der Waals surface area contributed by atoms with Crippen LogP contribution in [0.5, 0.6) is 11.6 Å². The fraction of sp³-hybridized carbons (Fsp3) is 0.0714. The van der Waals surface area contributed by atoms with Crippen LogP contribution in [0, 0.1) is 18.3 Å². The molecule has 0 spiro atoms. The molecule has 2 aromatic heterocycles. The van der Waals surface area contributed by atoms with E-state index >= 15 is 0 Å². The molecular weight excluding hydrogens is 278 g/mol. The predicted molar refractivity (Wildman–Crippen MR) is 72.8 cm³/mol. The molecule has 0 fully saturated rings. The Kier molecular flexibility index (Phi) is 3.01. The summed E-state index contributed by atoms with van der Waals surface area (Å²) in [6.07, 6.45) is 1.30. The topological polar surface area (TPSA) is 71.9 Å². The maximum atomic E-state index is 9.14. The van der Waals surface area contributed by atoms with Gasteiger partial charge in [0.25, 0.3) is 0 Å². The molecule has 5 nitrogen and oxygen atoms in total. The number of para-hydroxylation sites is 1. The van der Waals surface area contributed by atoms with Gasteiger partial charge in [0.2, 0.25) is 11.6 Å². The molecule has 98 valence electrons. The Morgan fingerprint density at radius 1 is 1.30 bits per heavy atom. The van der Waals surface area contributed by atoms with Gasteiger partial charge in [0.05, 0.1) is 5.39 Å². The number of nitriles is 1. The van der Waals surface area contributed by atoms with Gasteiger partial charge in [-0.05, 0) is 19.1 Å². The van der Waals surface area contributed by atoms with Crippen molar-refractivity contribution in [3.63, 3.8) is 0 Å². The van der Waals surface area contributed by atoms with Crippen molar-refractivity contribution < 1.29 is 9.15 Å². The van der Waals surface area contributed by atoms with Crippen molar-refractivity contribution in [2.24, 2.45) is 0 Å². The largest absolute Gasteiger partial charge is 0.442 e. The Morgan fingerprint density at radius 3 is 2.90 bits per heavy atom. The third-order valence-electron chi connectivity index (χ3n) is 2.83. The Labute approximate surface area is 119 Å². The number of benzene rings is 1. The van der Waals surface area contributed by atoms with Crippen LogP contribution >= 0.6 is 11.6 Å². The number of fused-ring (bicyclic) bond motifs is 1. The summed E-state index contributed by atoms with van der Waals surface area (Å²) in [6.45, 7) is 1.74. The fourth-order valence-corrected chi connectivity index (χ4v) is 1.93. The van der Waals surface area contributed by atoms with E-state index in [1.807, 2.05) is 24.3 Å². The molecule has 3 rings (SSSR count). The molecule has 0 aliphatic rings. The molecule has 0 N–H and O–H groups in total. The van der Waals surface area contributed by atoms with Gasteiger partial charge in [-0.25, -0.2) is 9.97 Å². The highest BCUT2D eigenvalue weighted by molar-refractivity contribution is 6.30. The van der Waals surface area contributed by atoms with Gasteiger partial charge in [0, 0.05) is 5.56 Å². The van der Waals surface area contributed by atoms with E-state index in [2.05, 4.69) is 9.97 Å². The second-order valence-electron chi connectivity index (χ2n) is 4.06. The monoisotopic (exact) mass is 285 g/mol. The van der Waals surface area contributed by atoms with Gasteiger partial charge in [0.15, 0.2) is 5.75 Å². The summed E-state index contributed by atoms with van der Waals surface area (Å²) in [6, 6.07) is 9.21. The molecule has 0 unspecified atom stereocenters. The van der Waals surface area contributed by atoms with Crippen molar-refractivity contribution in [2.45, 2.75) is 6.92 Å². The molecule has 1 aromatic carbocycles. The molecule has 0 saturated heterocycles. The van der Waals surface area contributed by atoms with E-state index in [0.29, 0.717) is 33.3 Å². The predicted octanol–water partition coefficient (Wildman–Crippen LogP) is 3.85. The van der Waals surface area contributed by atoms with E-state index in [1.54, 1.807) is 13.0 Å². The highest BCUT2D eigenvalue weighted by Gasteiger charge is 2.18. The zero-order chi connectivity index (χ0) is 14.1. The van der Waals surface area contributed by atoms with Crippen LogP contribution in [0.25, 0.3) is 11.0 Å². The molecule has 2 heterocycles. The summed E-state index contributed by atoms with van der Waals surface area (Å²) in [5.41, 5.74) is 1.18. The van der Waals surface area contributed by atoms with Gasteiger partial charge in [-0.2, -0.15) is 5.26 Å². The molecular formula is C14H8ClN3O2. The first kappa shape index (κ1) is 12.5. The summed E-state index contributed by atoms with van der Waals surface area (Å²) in [5, 5.41) is 10.2. The normalized spacial score (nSPS) is 10.4. The summed E-state index contributed by atoms with van der Waals surface area (Å²) >= 11 is 5.93. The van der Waals surface area contributed by atoms with Crippen molar-refractivity contribution in [2.75, 3.05) is 0 Å². The van der Waals surface area contributed by atoms with Gasteiger partial charge in [-0.15, -0.1) is 0 Å². The first-order valence-electron chi connectivity index (χ1n) is 5.77. The second-order valence-corrected chi connectivity index (χ2v) is 4.42. The summed E-state index contributed by atoms with van der Waals surface area (Å²) < 4.78 is 11.1. The van der Waals surface area contributed by atoms with E-state index < -0.39 is 0 Å². The number of halogens is 1. The van der Waals surface area contributed by atoms with E-state index in [0.717, 1.165) is 0 Å². The van der Waals surface area contributed by atoms with Crippen LogP contribution in [0.1, 0.15) is 11.3 Å². The number of furan rings is 1. The van der Waals surface area contributed by atoms with Crippen molar-refractivity contribution in [3.05, 3.63) is 47.1 Å². The maximum Gasteiger partial charge on any atom is 0.247 e. The lowest BCUT2D eigenvalue weighted by atomic mass is 10.2. The molecule has 0 bridgehead atoms. The molecule has 0 aliphatic heterocycles. The van der Waals surface area contributed by atoms with Crippen LogP contribution in [0.4, 0.5) is 0 Å². The minimum Gasteiger partial charge on any atom is -0.442 e. The number of aromatic nitrogens is 2. The summed E-state index contributed by atoms with van der Waals surface area (Å²) in [4.78, 5) is 7.89. The quantitative estimate of drug-likeness (QED) is 0.669. The number of hydrogen-bond acceptors (Lipinski definition) is 5. The fourth-order valence-electron chi connectivity index (χ4n) is 1.81. The van der Waals surface area contributed by atoms with Gasteiger partial charge < -0.3 is 9.15 Å². The molecule has 0 aliphatic carbocycles. The number of rotatable bonds is 2. The van der Waals surface area contributed by atoms with E-state index in [1.165, 1.54) is 6.33 Å². The number of hydrogen-bond donors (Lipinski definition) is 0. The zero-order valence-electron chi connectivity index (χ0n) is 10.4. The molecule has 0 saturated carbocycles. The maximum absolute atomic E-state index is 9.14. The number of ether oxygens (including phenoxy) is 1. The van der Waals surface area contributed by atoms with E-state index in [9.17, 15) is 0 Å². The lowest BCUT2D eigenvalue weighted by Crippen LogP contribution is -1.94. The SMILES string of the molecule is Cc1c(Cl)ncnc1Oc1c(C#N)oc2ccccc12. The Balaban J connectivity index is 2.15. The van der Waals surface area contributed by atoms with Crippen LogP contribution < -0.4 is 4.74 Å². The van der Waals surface area contributed by atoms with Crippen molar-refractivity contribution in [3.8, 4) is 17.7 Å². The van der Waals surface area contributed by atoms with Gasteiger partial charge >= 0.3 is 0 Å².